The maximum Gasteiger partial charge on any atom is 0.354 e. The van der Waals surface area contributed by atoms with E-state index in [1.54, 1.807) is 18.2 Å². The molecule has 0 bridgehead atoms. The molecule has 5 aromatic rings. The van der Waals surface area contributed by atoms with E-state index in [0.717, 1.165) is 10.4 Å². The van der Waals surface area contributed by atoms with Crippen molar-refractivity contribution in [3.63, 3.8) is 0 Å². The highest BCUT2D eigenvalue weighted by atomic mass is 32.2. The molecule has 0 spiro atoms. The molecule has 5 rings (SSSR count). The fourth-order valence-corrected chi connectivity index (χ4v) is 5.17. The van der Waals surface area contributed by atoms with E-state index < -0.39 is 27.6 Å². The Hall–Kier alpha value is -4.31. The summed E-state index contributed by atoms with van der Waals surface area (Å²) in [5.74, 6) is -2.61. The number of aromatic carboxylic acids is 1. The highest BCUT2D eigenvalue weighted by molar-refractivity contribution is 7.92. The van der Waals surface area contributed by atoms with Crippen molar-refractivity contribution in [1.82, 2.24) is 9.97 Å². The number of carboxylic acids is 1. The Kier molecular flexibility index (Phi) is 5.25. The molecule has 3 aromatic carbocycles. The molecule has 0 radical (unpaired) electrons. The molecular formula is C25H17F2N3O4S. The summed E-state index contributed by atoms with van der Waals surface area (Å²) in [5.41, 5.74) is 0.446. The van der Waals surface area contributed by atoms with Crippen LogP contribution in [0.2, 0.25) is 0 Å². The van der Waals surface area contributed by atoms with Crippen LogP contribution in [-0.2, 0) is 10.0 Å². The van der Waals surface area contributed by atoms with Gasteiger partial charge in [0.15, 0.2) is 0 Å². The fourth-order valence-electron chi connectivity index (χ4n) is 3.96. The minimum Gasteiger partial charge on any atom is -0.477 e. The Balaban J connectivity index is 1.66. The van der Waals surface area contributed by atoms with E-state index in [-0.39, 0.29) is 27.5 Å². The molecule has 2 aromatic heterocycles. The number of nitrogens with zero attached hydrogens (tertiary/aromatic N) is 2. The van der Waals surface area contributed by atoms with Gasteiger partial charge in [-0.05, 0) is 54.6 Å². The van der Waals surface area contributed by atoms with E-state index >= 15 is 4.39 Å². The number of carboxylic acid groups (broad SMARTS) is 1. The molecule has 0 saturated carbocycles. The summed E-state index contributed by atoms with van der Waals surface area (Å²) in [5, 5.41) is 10.5. The number of carbonyl (C=O) groups is 1. The first-order valence-electron chi connectivity index (χ1n) is 10.4. The lowest BCUT2D eigenvalue weighted by atomic mass is 10.1. The Morgan fingerprint density at radius 1 is 0.971 bits per heavy atom. The van der Waals surface area contributed by atoms with Gasteiger partial charge in [-0.3, -0.25) is 4.31 Å². The molecule has 35 heavy (non-hydrogen) atoms. The van der Waals surface area contributed by atoms with Crippen LogP contribution in [0.1, 0.15) is 10.5 Å². The number of aromatic nitrogens is 2. The molecule has 0 aliphatic heterocycles. The average Bonchev–Trinajstić information content (AvgIpc) is 3.21. The summed E-state index contributed by atoms with van der Waals surface area (Å²) < 4.78 is 55.9. The number of sulfonamides is 1. The van der Waals surface area contributed by atoms with E-state index in [2.05, 4.69) is 9.97 Å². The van der Waals surface area contributed by atoms with Crippen molar-refractivity contribution in [1.29, 1.82) is 0 Å². The third-order valence-corrected chi connectivity index (χ3v) is 7.54. The zero-order chi connectivity index (χ0) is 24.9. The number of rotatable bonds is 5. The highest BCUT2D eigenvalue weighted by Gasteiger charge is 2.23. The zero-order valence-electron chi connectivity index (χ0n) is 18.2. The van der Waals surface area contributed by atoms with Gasteiger partial charge in [0.05, 0.1) is 21.8 Å². The summed E-state index contributed by atoms with van der Waals surface area (Å²) >= 11 is 0. The number of pyridine rings is 1. The second-order valence-corrected chi connectivity index (χ2v) is 9.82. The molecular weight excluding hydrogens is 476 g/mol. The second kappa shape index (κ2) is 8.17. The number of aromatic amines is 1. The van der Waals surface area contributed by atoms with Crippen molar-refractivity contribution >= 4 is 43.5 Å². The van der Waals surface area contributed by atoms with Crippen molar-refractivity contribution in [3.05, 3.63) is 90.1 Å². The van der Waals surface area contributed by atoms with Gasteiger partial charge in [-0.15, -0.1) is 0 Å². The second-order valence-electron chi connectivity index (χ2n) is 7.85. The van der Waals surface area contributed by atoms with Gasteiger partial charge in [0.1, 0.15) is 17.3 Å². The summed E-state index contributed by atoms with van der Waals surface area (Å²) in [6.45, 7) is 0. The number of hydrogen-bond donors (Lipinski definition) is 2. The van der Waals surface area contributed by atoms with Crippen molar-refractivity contribution in [2.75, 3.05) is 11.4 Å². The molecule has 0 aliphatic rings. The summed E-state index contributed by atoms with van der Waals surface area (Å²) in [6.07, 6.45) is 0. The lowest BCUT2D eigenvalue weighted by molar-refractivity contribution is 0.0691. The maximum atomic E-state index is 15.4. The molecule has 0 atom stereocenters. The van der Waals surface area contributed by atoms with Gasteiger partial charge in [0.25, 0.3) is 10.0 Å². The number of anilines is 1. The number of H-pyrrole nitrogens is 1. The number of benzene rings is 3. The molecule has 0 amide bonds. The van der Waals surface area contributed by atoms with Crippen LogP contribution in [0.15, 0.2) is 77.7 Å². The van der Waals surface area contributed by atoms with Crippen LogP contribution in [-0.4, -0.2) is 36.5 Å². The normalized spacial score (nSPS) is 11.7. The van der Waals surface area contributed by atoms with E-state index in [1.165, 1.54) is 55.6 Å². The maximum absolute atomic E-state index is 15.4. The molecule has 7 nitrogen and oxygen atoms in total. The fraction of sp³-hybridized carbons (Fsp3) is 0.0400. The van der Waals surface area contributed by atoms with Crippen LogP contribution in [0, 0.1) is 11.6 Å². The van der Waals surface area contributed by atoms with E-state index in [9.17, 15) is 22.7 Å². The summed E-state index contributed by atoms with van der Waals surface area (Å²) in [4.78, 5) is 18.9. The molecule has 0 fully saturated rings. The van der Waals surface area contributed by atoms with Crippen LogP contribution >= 0.6 is 0 Å². The average molecular weight is 493 g/mol. The number of fused-ring (bicyclic) bond motifs is 3. The first kappa shape index (κ1) is 22.5. The largest absolute Gasteiger partial charge is 0.477 e. The van der Waals surface area contributed by atoms with E-state index in [0.29, 0.717) is 21.8 Å². The van der Waals surface area contributed by atoms with Crippen molar-refractivity contribution in [2.45, 2.75) is 4.90 Å². The summed E-state index contributed by atoms with van der Waals surface area (Å²) in [7, 11) is -2.62. The minimum atomic E-state index is -3.93. The van der Waals surface area contributed by atoms with Crippen molar-refractivity contribution < 1.29 is 27.1 Å². The minimum absolute atomic E-state index is 0.00845. The van der Waals surface area contributed by atoms with Crippen LogP contribution in [0.3, 0.4) is 0 Å². The number of halogens is 2. The first-order chi connectivity index (χ1) is 16.7. The Labute approximate surface area is 198 Å². The van der Waals surface area contributed by atoms with Crippen LogP contribution in [0.4, 0.5) is 14.5 Å². The zero-order valence-corrected chi connectivity index (χ0v) is 19.0. The highest BCUT2D eigenvalue weighted by Crippen LogP contribution is 2.35. The molecule has 0 unspecified atom stereocenters. The summed E-state index contributed by atoms with van der Waals surface area (Å²) in [6, 6.07) is 16.9. The van der Waals surface area contributed by atoms with Gasteiger partial charge < -0.3 is 10.1 Å². The standard InChI is InChI=1S/C25H17F2N3O4S/c1-30(35(33,34)16-5-3-2-4-6-16)15-8-10-18(20(27)12-15)23-24-19(13-22(29-23)25(31)32)17-9-7-14(26)11-21(17)28-24/h2-13,28H,1H3,(H,31,32). The number of nitrogens with one attached hydrogen (secondary N) is 1. The Morgan fingerprint density at radius 2 is 1.71 bits per heavy atom. The Bertz CT molecular complexity index is 1730. The molecule has 2 N–H and O–H groups in total. The third kappa shape index (κ3) is 3.77. The Morgan fingerprint density at radius 3 is 2.40 bits per heavy atom. The van der Waals surface area contributed by atoms with Crippen LogP contribution in [0.5, 0.6) is 0 Å². The lowest BCUT2D eigenvalue weighted by Crippen LogP contribution is -2.26. The third-order valence-electron chi connectivity index (χ3n) is 5.74. The SMILES string of the molecule is CN(c1ccc(-c2nc(C(=O)O)cc3c2[nH]c2cc(F)ccc23)c(F)c1)S(=O)(=O)c1ccccc1. The van der Waals surface area contributed by atoms with Crippen LogP contribution in [0.25, 0.3) is 33.1 Å². The van der Waals surface area contributed by atoms with Gasteiger partial charge in [0.2, 0.25) is 0 Å². The predicted molar refractivity (Wildman–Crippen MR) is 128 cm³/mol. The number of hydrogen-bond acceptors (Lipinski definition) is 4. The molecule has 10 heteroatoms. The van der Waals surface area contributed by atoms with Gasteiger partial charge >= 0.3 is 5.97 Å². The monoisotopic (exact) mass is 493 g/mol. The molecule has 2 heterocycles. The van der Waals surface area contributed by atoms with Crippen molar-refractivity contribution in [3.8, 4) is 11.3 Å². The van der Waals surface area contributed by atoms with E-state index in [4.69, 9.17) is 0 Å². The predicted octanol–water partition coefficient (Wildman–Crippen LogP) is 5.18. The first-order valence-corrected chi connectivity index (χ1v) is 11.8. The quantitative estimate of drug-likeness (QED) is 0.351. The lowest BCUT2D eigenvalue weighted by Gasteiger charge is -2.20. The van der Waals surface area contributed by atoms with Crippen LogP contribution < -0.4 is 4.31 Å². The molecule has 0 aliphatic carbocycles. The smallest absolute Gasteiger partial charge is 0.354 e. The van der Waals surface area contributed by atoms with Crippen molar-refractivity contribution in [2.24, 2.45) is 0 Å². The van der Waals surface area contributed by atoms with Gasteiger partial charge in [-0.2, -0.15) is 0 Å². The van der Waals surface area contributed by atoms with E-state index in [1.807, 2.05) is 0 Å². The molecule has 0 saturated heterocycles. The molecule has 176 valence electrons. The van der Waals surface area contributed by atoms with Gasteiger partial charge in [-0.25, -0.2) is 27.0 Å². The topological polar surface area (TPSA) is 103 Å². The van der Waals surface area contributed by atoms with Gasteiger partial charge in [0, 0.05) is 28.9 Å². The van der Waals surface area contributed by atoms with Gasteiger partial charge in [-0.1, -0.05) is 18.2 Å².